The molecule has 20 heavy (non-hydrogen) atoms. The Hall–Kier alpha value is -2.76. The molecule has 100 valence electrons. The summed E-state index contributed by atoms with van der Waals surface area (Å²) in [6.45, 7) is 1.97. The van der Waals surface area contributed by atoms with E-state index in [0.717, 1.165) is 11.1 Å². The number of halogens is 1. The lowest BCUT2D eigenvalue weighted by Crippen LogP contribution is -2.02. The van der Waals surface area contributed by atoms with Crippen molar-refractivity contribution < 1.29 is 4.39 Å². The van der Waals surface area contributed by atoms with Crippen molar-refractivity contribution in [2.75, 3.05) is 5.73 Å². The Morgan fingerprint density at radius 2 is 1.85 bits per heavy atom. The van der Waals surface area contributed by atoms with Gasteiger partial charge in [-0.15, -0.1) is 5.10 Å². The monoisotopic (exact) mass is 269 g/mol. The Balaban J connectivity index is 2.15. The zero-order chi connectivity index (χ0) is 14.1. The number of aryl methyl sites for hydroxylation is 1. The maximum absolute atomic E-state index is 13.0. The Bertz CT molecular complexity index is 749. The van der Waals surface area contributed by atoms with Crippen LogP contribution in [0.1, 0.15) is 5.56 Å². The molecule has 2 aromatic carbocycles. The van der Waals surface area contributed by atoms with E-state index in [-0.39, 0.29) is 5.82 Å². The van der Waals surface area contributed by atoms with Crippen molar-refractivity contribution in [3.63, 3.8) is 0 Å². The molecule has 0 aliphatic rings. The van der Waals surface area contributed by atoms with Crippen molar-refractivity contribution in [1.82, 2.24) is 20.2 Å². The minimum Gasteiger partial charge on any atom is -0.398 e. The smallest absolute Gasteiger partial charge is 0.189 e. The maximum atomic E-state index is 13.0. The van der Waals surface area contributed by atoms with Crippen LogP contribution in [0.5, 0.6) is 0 Å². The number of tetrazole rings is 1. The van der Waals surface area contributed by atoms with Gasteiger partial charge in [-0.05, 0) is 53.7 Å². The topological polar surface area (TPSA) is 69.6 Å². The molecule has 0 radical (unpaired) electrons. The predicted molar refractivity (Wildman–Crippen MR) is 73.7 cm³/mol. The highest BCUT2D eigenvalue weighted by Gasteiger charge is 2.13. The van der Waals surface area contributed by atoms with Gasteiger partial charge >= 0.3 is 0 Å². The Kier molecular flexibility index (Phi) is 2.90. The van der Waals surface area contributed by atoms with E-state index < -0.39 is 0 Å². The summed E-state index contributed by atoms with van der Waals surface area (Å²) in [5, 5.41) is 11.6. The zero-order valence-corrected chi connectivity index (χ0v) is 10.8. The average Bonchev–Trinajstić information content (AvgIpc) is 2.91. The Morgan fingerprint density at radius 1 is 1.10 bits per heavy atom. The van der Waals surface area contributed by atoms with Gasteiger partial charge in [0.1, 0.15) is 5.82 Å². The number of nitrogens with zero attached hydrogens (tertiary/aromatic N) is 4. The summed E-state index contributed by atoms with van der Waals surface area (Å²) in [7, 11) is 0. The van der Waals surface area contributed by atoms with Crippen LogP contribution in [0.3, 0.4) is 0 Å². The molecule has 6 heteroatoms. The van der Waals surface area contributed by atoms with Gasteiger partial charge in [-0.25, -0.2) is 4.39 Å². The molecule has 1 heterocycles. The fourth-order valence-corrected chi connectivity index (χ4v) is 1.98. The van der Waals surface area contributed by atoms with Gasteiger partial charge < -0.3 is 5.73 Å². The van der Waals surface area contributed by atoms with E-state index >= 15 is 0 Å². The van der Waals surface area contributed by atoms with Crippen LogP contribution < -0.4 is 5.73 Å². The number of aromatic nitrogens is 4. The molecule has 0 bridgehead atoms. The first-order valence-electron chi connectivity index (χ1n) is 6.06. The molecule has 3 aromatic rings. The highest BCUT2D eigenvalue weighted by molar-refractivity contribution is 5.73. The minimum atomic E-state index is -0.307. The lowest BCUT2D eigenvalue weighted by atomic mass is 10.1. The molecule has 0 amide bonds. The summed E-state index contributed by atoms with van der Waals surface area (Å²) in [6.07, 6.45) is 0. The molecule has 0 unspecified atom stereocenters. The number of nitrogen functional groups attached to an aromatic ring is 1. The van der Waals surface area contributed by atoms with Crippen LogP contribution in [0.2, 0.25) is 0 Å². The van der Waals surface area contributed by atoms with Crippen molar-refractivity contribution in [2.45, 2.75) is 6.92 Å². The first kappa shape index (κ1) is 12.3. The highest BCUT2D eigenvalue weighted by Crippen LogP contribution is 2.26. The summed E-state index contributed by atoms with van der Waals surface area (Å²) >= 11 is 0. The van der Waals surface area contributed by atoms with Crippen LogP contribution in [-0.2, 0) is 0 Å². The summed E-state index contributed by atoms with van der Waals surface area (Å²) in [5.41, 5.74) is 9.06. The molecule has 5 nitrogen and oxygen atoms in total. The number of anilines is 1. The molecule has 1 aromatic heterocycles. The van der Waals surface area contributed by atoms with Crippen molar-refractivity contribution >= 4 is 5.69 Å². The van der Waals surface area contributed by atoms with Gasteiger partial charge in [0.05, 0.1) is 5.69 Å². The van der Waals surface area contributed by atoms with Gasteiger partial charge in [-0.1, -0.05) is 11.6 Å². The van der Waals surface area contributed by atoms with E-state index in [4.69, 9.17) is 5.73 Å². The van der Waals surface area contributed by atoms with Crippen molar-refractivity contribution in [3.8, 4) is 17.1 Å². The van der Waals surface area contributed by atoms with E-state index in [1.807, 2.05) is 25.1 Å². The summed E-state index contributed by atoms with van der Waals surface area (Å²) in [5.74, 6) is 0.219. The fraction of sp³-hybridized carbons (Fsp3) is 0.0714. The standard InChI is InChI=1S/C14H12FN5/c1-9-2-7-13(16)12(8-9)14-17-18-19-20(14)11-5-3-10(15)4-6-11/h2-8H,16H2,1H3. The van der Waals surface area contributed by atoms with E-state index in [0.29, 0.717) is 17.2 Å². The van der Waals surface area contributed by atoms with E-state index in [1.165, 1.54) is 16.8 Å². The van der Waals surface area contributed by atoms with Gasteiger partial charge in [-0.2, -0.15) is 4.68 Å². The Morgan fingerprint density at radius 3 is 2.60 bits per heavy atom. The van der Waals surface area contributed by atoms with Crippen molar-refractivity contribution in [3.05, 3.63) is 53.8 Å². The molecular formula is C14H12FN5. The lowest BCUT2D eigenvalue weighted by Gasteiger charge is -2.07. The molecule has 0 aliphatic heterocycles. The van der Waals surface area contributed by atoms with Gasteiger partial charge in [0.2, 0.25) is 0 Å². The van der Waals surface area contributed by atoms with Crippen LogP contribution in [0.25, 0.3) is 17.1 Å². The van der Waals surface area contributed by atoms with Crippen LogP contribution in [0, 0.1) is 12.7 Å². The molecule has 0 spiro atoms. The molecule has 0 saturated carbocycles. The molecular weight excluding hydrogens is 257 g/mol. The summed E-state index contributed by atoms with van der Waals surface area (Å²) in [4.78, 5) is 0. The normalized spacial score (nSPS) is 10.7. The molecule has 3 rings (SSSR count). The average molecular weight is 269 g/mol. The second-order valence-corrected chi connectivity index (χ2v) is 4.48. The number of hydrogen-bond acceptors (Lipinski definition) is 4. The van der Waals surface area contributed by atoms with Crippen molar-refractivity contribution in [1.29, 1.82) is 0 Å². The van der Waals surface area contributed by atoms with Gasteiger partial charge in [0.25, 0.3) is 0 Å². The number of hydrogen-bond donors (Lipinski definition) is 1. The zero-order valence-electron chi connectivity index (χ0n) is 10.8. The molecule has 2 N–H and O–H groups in total. The first-order chi connectivity index (χ1) is 9.65. The summed E-state index contributed by atoms with van der Waals surface area (Å²) < 4.78 is 14.5. The number of rotatable bonds is 2. The molecule has 0 saturated heterocycles. The summed E-state index contributed by atoms with van der Waals surface area (Å²) in [6, 6.07) is 11.6. The number of nitrogens with two attached hydrogens (primary N) is 1. The predicted octanol–water partition coefficient (Wildman–Crippen LogP) is 2.36. The largest absolute Gasteiger partial charge is 0.398 e. The highest BCUT2D eigenvalue weighted by atomic mass is 19.1. The third-order valence-electron chi connectivity index (χ3n) is 2.99. The molecule has 0 fully saturated rings. The van der Waals surface area contributed by atoms with E-state index in [2.05, 4.69) is 15.5 Å². The van der Waals surface area contributed by atoms with Gasteiger partial charge in [-0.3, -0.25) is 0 Å². The van der Waals surface area contributed by atoms with Gasteiger partial charge in [0, 0.05) is 11.3 Å². The van der Waals surface area contributed by atoms with Crippen LogP contribution in [0.15, 0.2) is 42.5 Å². The van der Waals surface area contributed by atoms with Crippen LogP contribution in [0.4, 0.5) is 10.1 Å². The Labute approximate surface area is 114 Å². The van der Waals surface area contributed by atoms with Crippen molar-refractivity contribution in [2.24, 2.45) is 0 Å². The SMILES string of the molecule is Cc1ccc(N)c(-c2nnnn2-c2ccc(F)cc2)c1. The minimum absolute atomic E-state index is 0.307. The van der Waals surface area contributed by atoms with Gasteiger partial charge in [0.15, 0.2) is 5.82 Å². The first-order valence-corrected chi connectivity index (χ1v) is 6.06. The third kappa shape index (κ3) is 2.11. The molecule has 0 aliphatic carbocycles. The van der Waals surface area contributed by atoms with E-state index in [1.54, 1.807) is 12.1 Å². The second kappa shape index (κ2) is 4.73. The van der Waals surface area contributed by atoms with Crippen LogP contribution >= 0.6 is 0 Å². The van der Waals surface area contributed by atoms with Crippen LogP contribution in [-0.4, -0.2) is 20.2 Å². The number of benzene rings is 2. The third-order valence-corrected chi connectivity index (χ3v) is 2.99. The maximum Gasteiger partial charge on any atom is 0.189 e. The lowest BCUT2D eigenvalue weighted by molar-refractivity contribution is 0.627. The van der Waals surface area contributed by atoms with E-state index in [9.17, 15) is 4.39 Å². The second-order valence-electron chi connectivity index (χ2n) is 4.48. The molecule has 0 atom stereocenters. The fourth-order valence-electron chi connectivity index (χ4n) is 1.98. The quantitative estimate of drug-likeness (QED) is 0.725.